The maximum Gasteiger partial charge on any atom is 0.0480 e. The van der Waals surface area contributed by atoms with Crippen molar-refractivity contribution in [1.82, 2.24) is 0 Å². The van der Waals surface area contributed by atoms with Gasteiger partial charge in [0.1, 0.15) is 0 Å². The summed E-state index contributed by atoms with van der Waals surface area (Å²) in [7, 11) is -1.62. The van der Waals surface area contributed by atoms with Crippen molar-refractivity contribution in [3.05, 3.63) is 12.2 Å². The summed E-state index contributed by atoms with van der Waals surface area (Å²) in [6.07, 6.45) is 6.11. The van der Waals surface area contributed by atoms with E-state index in [2.05, 4.69) is 51.4 Å². The molecule has 0 saturated carbocycles. The van der Waals surface area contributed by atoms with Crippen LogP contribution in [0.15, 0.2) is 12.2 Å². The second-order valence-electron chi connectivity index (χ2n) is 6.34. The van der Waals surface area contributed by atoms with Crippen molar-refractivity contribution in [2.24, 2.45) is 0 Å². The summed E-state index contributed by atoms with van der Waals surface area (Å²) in [5.41, 5.74) is 0. The number of hydrogen-bond acceptors (Lipinski definition) is 0. The molecule has 0 aromatic carbocycles. The molecule has 0 fully saturated rings. The second-order valence-corrected chi connectivity index (χ2v) is 17.5. The molecule has 0 radical (unpaired) electrons. The highest BCUT2D eigenvalue weighted by atomic mass is 28.3. The minimum atomic E-state index is -0.829. The Kier molecular flexibility index (Phi) is 5.22. The smallest absolute Gasteiger partial charge is 0.0480 e. The third-order valence-electron chi connectivity index (χ3n) is 1.96. The summed E-state index contributed by atoms with van der Waals surface area (Å²) >= 11 is 0. The minimum absolute atomic E-state index is 0.793. The van der Waals surface area contributed by atoms with Crippen LogP contribution in [0.5, 0.6) is 0 Å². The molecule has 0 amide bonds. The Morgan fingerprint density at radius 2 is 1.31 bits per heavy atom. The highest BCUT2D eigenvalue weighted by molar-refractivity contribution is 6.76. The van der Waals surface area contributed by atoms with Gasteiger partial charge in [-0.1, -0.05) is 57.5 Å². The molecule has 0 bridgehead atoms. The van der Waals surface area contributed by atoms with Crippen LogP contribution >= 0.6 is 0 Å². The molecular weight excluding hydrogens is 188 g/mol. The van der Waals surface area contributed by atoms with Crippen LogP contribution in [0.2, 0.25) is 51.4 Å². The maximum atomic E-state index is 2.44. The van der Waals surface area contributed by atoms with Crippen LogP contribution in [0.3, 0.4) is 0 Å². The molecule has 0 aromatic rings. The average molecular weight is 215 g/mol. The van der Waals surface area contributed by atoms with E-state index in [1.807, 2.05) is 0 Å². The Hall–Kier alpha value is 0.174. The fraction of sp³-hybridized carbons (Fsp3) is 0.818. The fourth-order valence-electron chi connectivity index (χ4n) is 1.07. The zero-order valence-electron chi connectivity index (χ0n) is 10.3. The van der Waals surface area contributed by atoms with Gasteiger partial charge in [0.15, 0.2) is 0 Å². The van der Waals surface area contributed by atoms with Gasteiger partial charge in [0.2, 0.25) is 0 Å². The molecule has 0 aromatic heterocycles. The topological polar surface area (TPSA) is 0 Å². The molecule has 0 saturated heterocycles. The predicted molar refractivity (Wildman–Crippen MR) is 70.1 cm³/mol. The van der Waals surface area contributed by atoms with E-state index in [1.165, 1.54) is 18.5 Å². The van der Waals surface area contributed by atoms with Gasteiger partial charge < -0.3 is 0 Å². The van der Waals surface area contributed by atoms with Crippen LogP contribution in [0.4, 0.5) is 0 Å². The zero-order chi connectivity index (χ0) is 10.5. The van der Waals surface area contributed by atoms with Crippen LogP contribution in [0.1, 0.15) is 6.42 Å². The first-order chi connectivity index (χ1) is 5.71. The minimum Gasteiger partial charge on any atom is -0.0912 e. The van der Waals surface area contributed by atoms with E-state index in [4.69, 9.17) is 0 Å². The maximum absolute atomic E-state index is 2.44. The zero-order valence-corrected chi connectivity index (χ0v) is 12.3. The van der Waals surface area contributed by atoms with E-state index in [1.54, 1.807) is 0 Å². The SMILES string of the molecule is C[Si](C)(C)CC=CCC[Si](C)(C)C. The molecule has 0 unspecified atom stereocenters. The highest BCUT2D eigenvalue weighted by Crippen LogP contribution is 2.13. The van der Waals surface area contributed by atoms with Gasteiger partial charge >= 0.3 is 0 Å². The fourth-order valence-corrected chi connectivity index (χ4v) is 2.98. The van der Waals surface area contributed by atoms with Crippen molar-refractivity contribution in [3.63, 3.8) is 0 Å². The second kappa shape index (κ2) is 5.15. The van der Waals surface area contributed by atoms with Gasteiger partial charge in [-0.15, -0.1) is 0 Å². The monoisotopic (exact) mass is 214 g/mol. The molecule has 0 atom stereocenters. The van der Waals surface area contributed by atoms with Crippen molar-refractivity contribution in [3.8, 4) is 0 Å². The largest absolute Gasteiger partial charge is 0.0912 e. The van der Waals surface area contributed by atoms with E-state index in [9.17, 15) is 0 Å². The quantitative estimate of drug-likeness (QED) is 0.463. The van der Waals surface area contributed by atoms with Crippen molar-refractivity contribution < 1.29 is 0 Å². The molecule has 0 rings (SSSR count). The molecule has 0 aliphatic heterocycles. The van der Waals surface area contributed by atoms with Gasteiger partial charge in [0.05, 0.1) is 0 Å². The predicted octanol–water partition coefficient (Wildman–Crippen LogP) is 4.61. The third-order valence-corrected chi connectivity index (χ3v) is 5.21. The number of rotatable bonds is 5. The van der Waals surface area contributed by atoms with E-state index in [0.717, 1.165) is 0 Å². The van der Waals surface area contributed by atoms with Crippen LogP contribution in [0.25, 0.3) is 0 Å². The average Bonchev–Trinajstić information content (AvgIpc) is 1.81. The van der Waals surface area contributed by atoms with E-state index >= 15 is 0 Å². The molecule has 0 heterocycles. The standard InChI is InChI=1S/C11H26Si2/c1-12(2,3)10-8-7-9-11-13(4,5)6/h7-8H,9-11H2,1-6H3. The molecule has 78 valence electrons. The Morgan fingerprint density at radius 1 is 0.769 bits per heavy atom. The van der Waals surface area contributed by atoms with Crippen molar-refractivity contribution >= 4 is 16.1 Å². The normalized spacial score (nSPS) is 14.0. The van der Waals surface area contributed by atoms with Crippen LogP contribution in [-0.4, -0.2) is 16.1 Å². The lowest BCUT2D eigenvalue weighted by atomic mass is 10.4. The van der Waals surface area contributed by atoms with Gasteiger partial charge in [0.25, 0.3) is 0 Å². The lowest BCUT2D eigenvalue weighted by molar-refractivity contribution is 1.15. The third kappa shape index (κ3) is 12.2. The van der Waals surface area contributed by atoms with Crippen molar-refractivity contribution in [2.75, 3.05) is 0 Å². The summed E-state index contributed by atoms with van der Waals surface area (Å²) in [5, 5.41) is 0. The first kappa shape index (κ1) is 13.2. The van der Waals surface area contributed by atoms with Crippen LogP contribution in [-0.2, 0) is 0 Å². The summed E-state index contributed by atoms with van der Waals surface area (Å²) < 4.78 is 0. The molecular formula is C11H26Si2. The van der Waals surface area contributed by atoms with Crippen LogP contribution < -0.4 is 0 Å². The van der Waals surface area contributed by atoms with E-state index in [-0.39, 0.29) is 0 Å². The van der Waals surface area contributed by atoms with Crippen molar-refractivity contribution in [2.45, 2.75) is 57.8 Å². The summed E-state index contributed by atoms with van der Waals surface area (Å²) in [5.74, 6) is 0. The molecule has 0 spiro atoms. The first-order valence-corrected chi connectivity index (χ1v) is 12.8. The van der Waals surface area contributed by atoms with E-state index in [0.29, 0.717) is 0 Å². The summed E-state index contributed by atoms with van der Waals surface area (Å²) in [6, 6.07) is 2.79. The Balaban J connectivity index is 3.55. The van der Waals surface area contributed by atoms with Gasteiger partial charge in [-0.25, -0.2) is 0 Å². The molecule has 0 nitrogen and oxygen atoms in total. The van der Waals surface area contributed by atoms with Crippen LogP contribution in [0, 0.1) is 0 Å². The van der Waals surface area contributed by atoms with Crippen molar-refractivity contribution in [1.29, 1.82) is 0 Å². The molecule has 13 heavy (non-hydrogen) atoms. The van der Waals surface area contributed by atoms with Gasteiger partial charge in [0, 0.05) is 16.1 Å². The number of allylic oxidation sites excluding steroid dienone is 2. The van der Waals surface area contributed by atoms with Gasteiger partial charge in [-0.3, -0.25) is 0 Å². The highest BCUT2D eigenvalue weighted by Gasteiger charge is 2.11. The Bertz CT molecular complexity index is 158. The molecule has 2 heteroatoms. The van der Waals surface area contributed by atoms with E-state index < -0.39 is 16.1 Å². The number of hydrogen-bond donors (Lipinski definition) is 0. The lowest BCUT2D eigenvalue weighted by Gasteiger charge is -2.14. The Morgan fingerprint density at radius 3 is 1.69 bits per heavy atom. The molecule has 0 aliphatic carbocycles. The molecule has 0 N–H and O–H groups in total. The van der Waals surface area contributed by atoms with Gasteiger partial charge in [-0.2, -0.15) is 0 Å². The van der Waals surface area contributed by atoms with Gasteiger partial charge in [-0.05, 0) is 12.5 Å². The molecule has 0 aliphatic rings. The summed E-state index contributed by atoms with van der Waals surface area (Å²) in [4.78, 5) is 0. The first-order valence-electron chi connectivity index (χ1n) is 5.36. The summed E-state index contributed by atoms with van der Waals surface area (Å²) in [6.45, 7) is 14.6. The Labute approximate surface area is 86.5 Å². The lowest BCUT2D eigenvalue weighted by Crippen LogP contribution is -2.18.